The molecule has 0 heterocycles. The molecular weight excluding hydrogens is 281 g/mol. The molecule has 0 amide bonds. The van der Waals surface area contributed by atoms with E-state index < -0.39 is 0 Å². The predicted octanol–water partition coefficient (Wildman–Crippen LogP) is 2.26. The van der Waals surface area contributed by atoms with Gasteiger partial charge in [-0.3, -0.25) is 14.5 Å². The number of rotatable bonds is 10. The van der Waals surface area contributed by atoms with Gasteiger partial charge in [-0.1, -0.05) is 49.7 Å². The maximum absolute atomic E-state index is 11.7. The van der Waals surface area contributed by atoms with E-state index in [0.717, 1.165) is 12.8 Å². The summed E-state index contributed by atoms with van der Waals surface area (Å²) >= 11 is 0. The van der Waals surface area contributed by atoms with Gasteiger partial charge < -0.3 is 9.39 Å². The lowest BCUT2D eigenvalue weighted by Crippen LogP contribution is -2.34. The molecule has 0 radical (unpaired) electrons. The Balaban J connectivity index is 4.01. The first-order chi connectivity index (χ1) is 10.5. The van der Waals surface area contributed by atoms with E-state index in [1.165, 1.54) is 7.11 Å². The van der Waals surface area contributed by atoms with Crippen LogP contribution in [0.25, 0.3) is 0 Å². The molecule has 0 spiro atoms. The molecule has 22 heavy (non-hydrogen) atoms. The van der Waals surface area contributed by atoms with Crippen LogP contribution in [0.1, 0.15) is 19.8 Å². The van der Waals surface area contributed by atoms with E-state index in [1.807, 2.05) is 24.3 Å². The van der Waals surface area contributed by atoms with Crippen molar-refractivity contribution in [3.63, 3.8) is 0 Å². The standard InChI is InChI=1S/C16H26BNO4/c1-5-6-7-8-9-10-11-12-17(2)22-16(20)14-18(3)13-15(19)21-4/h7-12H,5-6,13-14H2,1-4H3/b8-7-,10-9+,12-11+. The maximum atomic E-state index is 11.7. The van der Waals surface area contributed by atoms with Gasteiger partial charge in [-0.05, 0) is 20.3 Å². The fourth-order valence-electron chi connectivity index (χ4n) is 1.54. The van der Waals surface area contributed by atoms with Gasteiger partial charge in [0, 0.05) is 0 Å². The highest BCUT2D eigenvalue weighted by atomic mass is 16.5. The number of nitrogens with zero attached hydrogens (tertiary/aromatic N) is 1. The van der Waals surface area contributed by atoms with E-state index in [4.69, 9.17) is 4.65 Å². The predicted molar refractivity (Wildman–Crippen MR) is 89.6 cm³/mol. The second-order valence-corrected chi connectivity index (χ2v) is 4.93. The normalized spacial score (nSPS) is 11.7. The summed E-state index contributed by atoms with van der Waals surface area (Å²) in [6.07, 6.45) is 12.0. The van der Waals surface area contributed by atoms with Gasteiger partial charge in [-0.2, -0.15) is 0 Å². The summed E-state index contributed by atoms with van der Waals surface area (Å²) < 4.78 is 9.74. The van der Waals surface area contributed by atoms with Crippen molar-refractivity contribution in [3.8, 4) is 0 Å². The quantitative estimate of drug-likeness (QED) is 0.352. The minimum atomic E-state index is -0.385. The zero-order valence-corrected chi connectivity index (χ0v) is 14.0. The van der Waals surface area contributed by atoms with Crippen LogP contribution in [0.4, 0.5) is 0 Å². The molecule has 0 bridgehead atoms. The number of hydrogen-bond acceptors (Lipinski definition) is 5. The van der Waals surface area contributed by atoms with Crippen molar-refractivity contribution in [3.05, 3.63) is 36.4 Å². The Kier molecular flexibility index (Phi) is 11.8. The van der Waals surface area contributed by atoms with Crippen molar-refractivity contribution in [2.45, 2.75) is 26.6 Å². The number of esters is 1. The van der Waals surface area contributed by atoms with Gasteiger partial charge in [0.15, 0.2) is 0 Å². The largest absolute Gasteiger partial charge is 0.531 e. The highest BCUT2D eigenvalue weighted by molar-refractivity contribution is 6.58. The van der Waals surface area contributed by atoms with Crippen LogP contribution in [-0.4, -0.2) is 51.0 Å². The zero-order chi connectivity index (χ0) is 16.8. The van der Waals surface area contributed by atoms with Crippen LogP contribution in [0.5, 0.6) is 0 Å². The number of unbranched alkanes of at least 4 members (excludes halogenated alkanes) is 1. The third kappa shape index (κ3) is 12.0. The first kappa shape index (κ1) is 20.2. The summed E-state index contributed by atoms with van der Waals surface area (Å²) in [5, 5.41) is 0. The topological polar surface area (TPSA) is 55.8 Å². The monoisotopic (exact) mass is 307 g/mol. The Bertz CT molecular complexity index is 418. The van der Waals surface area contributed by atoms with Gasteiger partial charge in [-0.15, -0.1) is 0 Å². The molecule has 0 aliphatic heterocycles. The van der Waals surface area contributed by atoms with Gasteiger partial charge in [0.1, 0.15) is 0 Å². The minimum absolute atomic E-state index is 0.0445. The molecule has 0 aliphatic carbocycles. The van der Waals surface area contributed by atoms with Crippen LogP contribution in [0.15, 0.2) is 36.4 Å². The van der Waals surface area contributed by atoms with Crippen molar-refractivity contribution in [2.24, 2.45) is 0 Å². The second kappa shape index (κ2) is 12.9. The highest BCUT2D eigenvalue weighted by Crippen LogP contribution is 1.94. The summed E-state index contributed by atoms with van der Waals surface area (Å²) in [5.41, 5.74) is 0. The summed E-state index contributed by atoms with van der Waals surface area (Å²) in [6, 6.07) is 0. The van der Waals surface area contributed by atoms with Gasteiger partial charge in [0.05, 0.1) is 20.2 Å². The van der Waals surface area contributed by atoms with E-state index >= 15 is 0 Å². The summed E-state index contributed by atoms with van der Waals surface area (Å²) in [7, 11) is 2.97. The van der Waals surface area contributed by atoms with Gasteiger partial charge in [0.25, 0.3) is 0 Å². The van der Waals surface area contributed by atoms with Gasteiger partial charge >= 0.3 is 18.9 Å². The summed E-state index contributed by atoms with van der Waals surface area (Å²) in [6.45, 7) is 3.71. The molecule has 5 nitrogen and oxygen atoms in total. The lowest BCUT2D eigenvalue weighted by Gasteiger charge is -2.15. The van der Waals surface area contributed by atoms with Crippen LogP contribution in [-0.2, 0) is 19.0 Å². The molecule has 0 aromatic rings. The van der Waals surface area contributed by atoms with Crippen molar-refractivity contribution < 1.29 is 19.0 Å². The number of carbonyl (C=O) groups excluding carboxylic acids is 2. The molecule has 0 N–H and O–H groups in total. The van der Waals surface area contributed by atoms with E-state index in [0.29, 0.717) is 0 Å². The molecule has 0 rings (SSSR count). The van der Waals surface area contributed by atoms with Crippen LogP contribution in [0.3, 0.4) is 0 Å². The molecule has 0 aromatic carbocycles. The van der Waals surface area contributed by atoms with Crippen molar-refractivity contribution >= 4 is 18.9 Å². The molecule has 122 valence electrons. The maximum Gasteiger partial charge on any atom is 0.384 e. The first-order valence-corrected chi connectivity index (χ1v) is 7.44. The Morgan fingerprint density at radius 1 is 1.09 bits per heavy atom. The minimum Gasteiger partial charge on any atom is -0.531 e. The third-order valence-corrected chi connectivity index (χ3v) is 2.65. The van der Waals surface area contributed by atoms with E-state index in [9.17, 15) is 9.59 Å². The molecule has 0 aromatic heterocycles. The second-order valence-electron chi connectivity index (χ2n) is 4.93. The highest BCUT2D eigenvalue weighted by Gasteiger charge is 2.14. The van der Waals surface area contributed by atoms with Crippen LogP contribution >= 0.6 is 0 Å². The summed E-state index contributed by atoms with van der Waals surface area (Å²) in [5.74, 6) is 1.03. The van der Waals surface area contributed by atoms with E-state index in [-0.39, 0.29) is 31.9 Å². The Labute approximate surface area is 133 Å². The molecule has 0 saturated heterocycles. The third-order valence-electron chi connectivity index (χ3n) is 2.65. The number of carbonyl (C=O) groups is 2. The molecule has 0 saturated carbocycles. The number of methoxy groups -OCH3 is 1. The number of allylic oxidation sites excluding steroid dienone is 5. The Morgan fingerprint density at radius 2 is 1.73 bits per heavy atom. The summed E-state index contributed by atoms with van der Waals surface area (Å²) in [4.78, 5) is 24.3. The molecule has 0 fully saturated rings. The average molecular weight is 307 g/mol. The molecular formula is C16H26BNO4. The van der Waals surface area contributed by atoms with Crippen LogP contribution < -0.4 is 0 Å². The molecule has 0 aliphatic rings. The lowest BCUT2D eigenvalue weighted by molar-refractivity contribution is -0.142. The first-order valence-electron chi connectivity index (χ1n) is 7.44. The smallest absolute Gasteiger partial charge is 0.384 e. The van der Waals surface area contributed by atoms with Crippen molar-refractivity contribution in [1.82, 2.24) is 4.90 Å². The van der Waals surface area contributed by atoms with Crippen LogP contribution in [0.2, 0.25) is 6.82 Å². The number of hydrogen-bond donors (Lipinski definition) is 0. The van der Waals surface area contributed by atoms with Crippen LogP contribution in [0, 0.1) is 0 Å². The molecule has 0 unspecified atom stereocenters. The van der Waals surface area contributed by atoms with Crippen molar-refractivity contribution in [2.75, 3.05) is 27.2 Å². The van der Waals surface area contributed by atoms with Crippen molar-refractivity contribution in [1.29, 1.82) is 0 Å². The SMILES string of the molecule is CCC\C=C/C=C/C=C/B(C)OC(=O)CN(C)CC(=O)OC. The fraction of sp³-hybridized carbons (Fsp3) is 0.500. The zero-order valence-electron chi connectivity index (χ0n) is 14.0. The molecule has 0 atom stereocenters. The van der Waals surface area contributed by atoms with E-state index in [1.54, 1.807) is 24.7 Å². The average Bonchev–Trinajstić information content (AvgIpc) is 2.45. The fourth-order valence-corrected chi connectivity index (χ4v) is 1.54. The van der Waals surface area contributed by atoms with E-state index in [2.05, 4.69) is 17.7 Å². The number of likely N-dealkylation sites (N-methyl/N-ethyl adjacent to an activating group) is 1. The molecule has 6 heteroatoms. The number of ether oxygens (including phenoxy) is 1. The lowest BCUT2D eigenvalue weighted by atomic mass is 9.71. The van der Waals surface area contributed by atoms with Gasteiger partial charge in [0.2, 0.25) is 0 Å². The Hall–Kier alpha value is -1.82. The van der Waals surface area contributed by atoms with Gasteiger partial charge in [-0.25, -0.2) is 0 Å². The Morgan fingerprint density at radius 3 is 2.36 bits per heavy atom.